The van der Waals surface area contributed by atoms with E-state index in [0.29, 0.717) is 18.2 Å². The lowest BCUT2D eigenvalue weighted by molar-refractivity contribution is 0.326. The number of anilines is 1. The van der Waals surface area contributed by atoms with Crippen molar-refractivity contribution in [1.82, 2.24) is 14.6 Å². The van der Waals surface area contributed by atoms with Crippen LogP contribution in [0, 0.1) is 6.92 Å². The molecule has 132 valence electrons. The van der Waals surface area contributed by atoms with Gasteiger partial charge in [0.25, 0.3) is 0 Å². The third-order valence-corrected chi connectivity index (χ3v) is 4.53. The Hall–Kier alpha value is -2.79. The second kappa shape index (κ2) is 6.84. The number of para-hydroxylation sites is 1. The van der Waals surface area contributed by atoms with Crippen molar-refractivity contribution in [1.29, 1.82) is 0 Å². The van der Waals surface area contributed by atoms with Gasteiger partial charge in [0.2, 0.25) is 0 Å². The molecule has 4 rings (SSSR count). The molecule has 0 amide bonds. The van der Waals surface area contributed by atoms with Crippen molar-refractivity contribution in [3.63, 3.8) is 0 Å². The van der Waals surface area contributed by atoms with Gasteiger partial charge in [0.15, 0.2) is 5.65 Å². The van der Waals surface area contributed by atoms with E-state index in [1.807, 2.05) is 61.0 Å². The molecule has 5 nitrogen and oxygen atoms in total. The molecule has 0 fully saturated rings. The van der Waals surface area contributed by atoms with Crippen molar-refractivity contribution in [3.05, 3.63) is 65.3 Å². The van der Waals surface area contributed by atoms with E-state index >= 15 is 0 Å². The van der Waals surface area contributed by atoms with Gasteiger partial charge in [0.05, 0.1) is 17.8 Å². The minimum absolute atomic E-state index is 0.553. The van der Waals surface area contributed by atoms with Gasteiger partial charge in [-0.1, -0.05) is 23.7 Å². The predicted molar refractivity (Wildman–Crippen MR) is 105 cm³/mol. The van der Waals surface area contributed by atoms with Gasteiger partial charge in [-0.25, -0.2) is 9.50 Å². The van der Waals surface area contributed by atoms with Crippen LogP contribution in [-0.4, -0.2) is 34.8 Å². The number of hydrogen-bond donors (Lipinski definition) is 0. The number of likely N-dealkylation sites (N-methyl/N-ethyl adjacent to an activating group) is 1. The number of hydrogen-bond acceptors (Lipinski definition) is 4. The molecule has 2 aromatic heterocycles. The number of ether oxygens (including phenoxy) is 1. The van der Waals surface area contributed by atoms with E-state index in [-0.39, 0.29) is 0 Å². The molecule has 0 unspecified atom stereocenters. The highest BCUT2D eigenvalue weighted by Gasteiger charge is 2.13. The summed E-state index contributed by atoms with van der Waals surface area (Å²) in [7, 11) is 2.03. The van der Waals surface area contributed by atoms with Crippen molar-refractivity contribution in [2.75, 3.05) is 25.1 Å². The molecule has 0 N–H and O–H groups in total. The Labute approximate surface area is 156 Å². The topological polar surface area (TPSA) is 42.7 Å². The zero-order valence-corrected chi connectivity index (χ0v) is 15.4. The summed E-state index contributed by atoms with van der Waals surface area (Å²) in [5, 5.41) is 6.32. The Bertz CT molecular complexity index is 1060. The molecule has 26 heavy (non-hydrogen) atoms. The average molecular weight is 367 g/mol. The summed E-state index contributed by atoms with van der Waals surface area (Å²) in [6.07, 6.45) is 0. The van der Waals surface area contributed by atoms with E-state index in [1.54, 1.807) is 0 Å². The lowest BCUT2D eigenvalue weighted by Gasteiger charge is -2.20. The highest BCUT2D eigenvalue weighted by molar-refractivity contribution is 6.30. The van der Waals surface area contributed by atoms with Gasteiger partial charge in [-0.15, -0.1) is 0 Å². The van der Waals surface area contributed by atoms with Crippen LogP contribution in [0.2, 0.25) is 5.02 Å². The van der Waals surface area contributed by atoms with Crippen LogP contribution in [0.25, 0.3) is 16.6 Å². The zero-order valence-electron chi connectivity index (χ0n) is 14.7. The fraction of sp³-hybridized carbons (Fsp3) is 0.200. The van der Waals surface area contributed by atoms with E-state index in [1.165, 1.54) is 0 Å². The lowest BCUT2D eigenvalue weighted by atomic mass is 10.2. The Morgan fingerprint density at radius 3 is 2.69 bits per heavy atom. The number of aromatic nitrogens is 3. The molecule has 0 atom stereocenters. The third-order valence-electron chi connectivity index (χ3n) is 4.28. The first-order valence-corrected chi connectivity index (χ1v) is 8.84. The largest absolute Gasteiger partial charge is 0.492 e. The summed E-state index contributed by atoms with van der Waals surface area (Å²) >= 11 is 5.90. The van der Waals surface area contributed by atoms with Crippen LogP contribution in [0.3, 0.4) is 0 Å². The zero-order chi connectivity index (χ0) is 18.1. The average Bonchev–Trinajstić information content (AvgIpc) is 3.03. The second-order valence-electron chi connectivity index (χ2n) is 6.23. The molecular formula is C20H19ClN4O. The Morgan fingerprint density at radius 1 is 1.12 bits per heavy atom. The maximum atomic E-state index is 5.90. The fourth-order valence-corrected chi connectivity index (χ4v) is 3.11. The van der Waals surface area contributed by atoms with Crippen LogP contribution in [0.5, 0.6) is 5.75 Å². The predicted octanol–water partition coefficient (Wildman–Crippen LogP) is 4.36. The van der Waals surface area contributed by atoms with Crippen LogP contribution >= 0.6 is 11.6 Å². The third kappa shape index (κ3) is 3.18. The minimum Gasteiger partial charge on any atom is -0.492 e. The van der Waals surface area contributed by atoms with E-state index in [0.717, 1.165) is 33.8 Å². The Kier molecular flexibility index (Phi) is 4.39. The van der Waals surface area contributed by atoms with Crippen molar-refractivity contribution in [3.8, 4) is 5.75 Å². The Balaban J connectivity index is 1.59. The summed E-state index contributed by atoms with van der Waals surface area (Å²) in [5.41, 5.74) is 2.85. The standard InChI is InChI=1S/C20H19ClN4O/c1-14-13-19-22-20(17-5-3-4-6-18(17)25(19)23-14)24(2)11-12-26-16-9-7-15(21)8-10-16/h3-10,13H,11-12H2,1-2H3. The number of benzene rings is 2. The molecule has 2 aromatic carbocycles. The molecule has 4 aromatic rings. The number of rotatable bonds is 5. The van der Waals surface area contributed by atoms with Crippen molar-refractivity contribution >= 4 is 34.0 Å². The van der Waals surface area contributed by atoms with Crippen LogP contribution in [0.1, 0.15) is 5.69 Å². The van der Waals surface area contributed by atoms with Crippen LogP contribution in [0.4, 0.5) is 5.82 Å². The van der Waals surface area contributed by atoms with Gasteiger partial charge < -0.3 is 9.64 Å². The molecule has 0 aliphatic heterocycles. The van der Waals surface area contributed by atoms with Crippen molar-refractivity contribution < 1.29 is 4.74 Å². The summed E-state index contributed by atoms with van der Waals surface area (Å²) in [6, 6.07) is 17.6. The first-order chi connectivity index (χ1) is 12.6. The van der Waals surface area contributed by atoms with E-state index < -0.39 is 0 Å². The number of nitrogens with zero attached hydrogens (tertiary/aromatic N) is 4. The maximum absolute atomic E-state index is 5.90. The Morgan fingerprint density at radius 2 is 1.88 bits per heavy atom. The molecule has 0 bridgehead atoms. The molecule has 2 heterocycles. The number of aryl methyl sites for hydroxylation is 1. The van der Waals surface area contributed by atoms with E-state index in [2.05, 4.69) is 22.1 Å². The maximum Gasteiger partial charge on any atom is 0.158 e. The molecule has 0 saturated carbocycles. The van der Waals surface area contributed by atoms with Crippen LogP contribution < -0.4 is 9.64 Å². The minimum atomic E-state index is 0.553. The fourth-order valence-electron chi connectivity index (χ4n) is 2.99. The molecule has 0 radical (unpaired) electrons. The smallest absolute Gasteiger partial charge is 0.158 e. The van der Waals surface area contributed by atoms with Gasteiger partial charge in [-0.3, -0.25) is 0 Å². The van der Waals surface area contributed by atoms with Crippen molar-refractivity contribution in [2.45, 2.75) is 6.92 Å². The molecular weight excluding hydrogens is 348 g/mol. The van der Waals surface area contributed by atoms with E-state index in [4.69, 9.17) is 21.3 Å². The van der Waals surface area contributed by atoms with Gasteiger partial charge >= 0.3 is 0 Å². The van der Waals surface area contributed by atoms with Crippen LogP contribution in [-0.2, 0) is 0 Å². The second-order valence-corrected chi connectivity index (χ2v) is 6.67. The van der Waals surface area contributed by atoms with Gasteiger partial charge in [0.1, 0.15) is 18.2 Å². The monoisotopic (exact) mass is 366 g/mol. The van der Waals surface area contributed by atoms with Crippen molar-refractivity contribution in [2.24, 2.45) is 0 Å². The quantitative estimate of drug-likeness (QED) is 0.526. The highest BCUT2D eigenvalue weighted by Crippen LogP contribution is 2.25. The number of halogens is 1. The summed E-state index contributed by atoms with van der Waals surface area (Å²) in [6.45, 7) is 3.24. The summed E-state index contributed by atoms with van der Waals surface area (Å²) < 4.78 is 7.71. The summed E-state index contributed by atoms with van der Waals surface area (Å²) in [4.78, 5) is 6.93. The normalized spacial score (nSPS) is 11.2. The molecule has 0 aliphatic carbocycles. The molecule has 0 spiro atoms. The number of fused-ring (bicyclic) bond motifs is 3. The SMILES string of the molecule is Cc1cc2nc(N(C)CCOc3ccc(Cl)cc3)c3ccccc3n2n1. The lowest BCUT2D eigenvalue weighted by Crippen LogP contribution is -2.25. The first kappa shape index (κ1) is 16.7. The van der Waals surface area contributed by atoms with Gasteiger partial charge in [-0.05, 0) is 43.3 Å². The summed E-state index contributed by atoms with van der Waals surface area (Å²) in [5.74, 6) is 1.73. The molecule has 0 aliphatic rings. The van der Waals surface area contributed by atoms with Gasteiger partial charge in [-0.2, -0.15) is 5.10 Å². The molecule has 6 heteroatoms. The molecule has 0 saturated heterocycles. The first-order valence-electron chi connectivity index (χ1n) is 8.46. The van der Waals surface area contributed by atoms with Crippen LogP contribution in [0.15, 0.2) is 54.6 Å². The van der Waals surface area contributed by atoms with E-state index in [9.17, 15) is 0 Å². The highest BCUT2D eigenvalue weighted by atomic mass is 35.5. The van der Waals surface area contributed by atoms with Gasteiger partial charge in [0, 0.05) is 23.5 Å².